The van der Waals surface area contributed by atoms with Crippen molar-refractivity contribution in [3.63, 3.8) is 0 Å². The van der Waals surface area contributed by atoms with Gasteiger partial charge in [0, 0.05) is 0 Å². The van der Waals surface area contributed by atoms with Gasteiger partial charge >= 0.3 is 0 Å². The molecule has 0 N–H and O–H groups in total. The Morgan fingerprint density at radius 2 is 0.875 bits per heavy atom. The summed E-state index contributed by atoms with van der Waals surface area (Å²) in [5.41, 5.74) is 5.15. The third-order valence-electron chi connectivity index (χ3n) is 5.99. The van der Waals surface area contributed by atoms with Crippen LogP contribution in [-0.2, 0) is 11.1 Å². The van der Waals surface area contributed by atoms with Crippen LogP contribution in [0.4, 0.5) is 0 Å². The van der Waals surface area contributed by atoms with Gasteiger partial charge in [-0.25, -0.2) is 0 Å². The second-order valence-electron chi connectivity index (χ2n) is 6.98. The molecule has 2 atom stereocenters. The topological polar surface area (TPSA) is 3.24 Å². The summed E-state index contributed by atoms with van der Waals surface area (Å²) in [4.78, 5) is 2.52. The average molecular weight is 313 g/mol. The summed E-state index contributed by atoms with van der Waals surface area (Å²) in [7, 11) is 2.25. The van der Waals surface area contributed by atoms with Crippen molar-refractivity contribution in [1.82, 2.24) is 4.90 Å². The third-order valence-corrected chi connectivity index (χ3v) is 5.99. The Balaban J connectivity index is 2.01. The Bertz CT molecular complexity index is 783. The smallest absolute Gasteiger partial charge is 0.0697 e. The quantitative estimate of drug-likeness (QED) is 0.632. The zero-order valence-corrected chi connectivity index (χ0v) is 14.5. The van der Waals surface area contributed by atoms with Crippen LogP contribution in [0.3, 0.4) is 0 Å². The van der Waals surface area contributed by atoms with E-state index in [9.17, 15) is 0 Å². The van der Waals surface area contributed by atoms with Gasteiger partial charge in [-0.3, -0.25) is 4.90 Å². The molecular weight excluding hydrogens is 290 g/mol. The molecule has 0 amide bonds. The van der Waals surface area contributed by atoms with Crippen LogP contribution in [0, 0.1) is 0 Å². The second kappa shape index (κ2) is 5.32. The molecule has 24 heavy (non-hydrogen) atoms. The molecule has 0 radical (unpaired) electrons. The molecule has 1 heteroatoms. The Kier molecular flexibility index (Phi) is 3.36. The van der Waals surface area contributed by atoms with E-state index in [2.05, 4.69) is 111 Å². The number of hydrogen-bond acceptors (Lipinski definition) is 1. The van der Waals surface area contributed by atoms with E-state index in [0.717, 1.165) is 0 Å². The van der Waals surface area contributed by atoms with Gasteiger partial charge in [-0.1, -0.05) is 84.9 Å². The molecule has 0 spiro atoms. The van der Waals surface area contributed by atoms with Crippen LogP contribution in [0.25, 0.3) is 0 Å². The zero-order valence-electron chi connectivity index (χ0n) is 14.5. The molecule has 0 fully saturated rings. The van der Waals surface area contributed by atoms with E-state index >= 15 is 0 Å². The molecule has 0 aliphatic carbocycles. The molecule has 120 valence electrons. The van der Waals surface area contributed by atoms with E-state index in [4.69, 9.17) is 0 Å². The summed E-state index contributed by atoms with van der Waals surface area (Å²) in [6, 6.07) is 30.6. The predicted molar refractivity (Wildman–Crippen MR) is 100.0 cm³/mol. The Hall–Kier alpha value is -2.38. The van der Waals surface area contributed by atoms with Crippen molar-refractivity contribution in [2.24, 2.45) is 0 Å². The van der Waals surface area contributed by atoms with Crippen LogP contribution in [0.1, 0.15) is 36.1 Å². The predicted octanol–water partition coefficient (Wildman–Crippen LogP) is 5.16. The molecule has 0 bridgehead atoms. The van der Waals surface area contributed by atoms with Crippen LogP contribution >= 0.6 is 0 Å². The Morgan fingerprint density at radius 1 is 0.542 bits per heavy atom. The normalized spacial score (nSPS) is 26.3. The molecular formula is C23H23N. The van der Waals surface area contributed by atoms with Crippen molar-refractivity contribution in [3.05, 3.63) is 107 Å². The average Bonchev–Trinajstić information content (AvgIpc) is 2.84. The molecule has 3 aromatic rings. The fraction of sp³-hybridized carbons (Fsp3) is 0.217. The van der Waals surface area contributed by atoms with E-state index < -0.39 is 0 Å². The third kappa shape index (κ3) is 1.85. The van der Waals surface area contributed by atoms with Crippen LogP contribution < -0.4 is 0 Å². The maximum Gasteiger partial charge on any atom is 0.0697 e. The maximum absolute atomic E-state index is 2.52. The van der Waals surface area contributed by atoms with Gasteiger partial charge in [0.05, 0.1) is 11.1 Å². The molecule has 0 unspecified atom stereocenters. The lowest BCUT2D eigenvalue weighted by Crippen LogP contribution is -2.46. The van der Waals surface area contributed by atoms with Gasteiger partial charge < -0.3 is 0 Å². The highest BCUT2D eigenvalue weighted by Gasteiger charge is 2.53. The van der Waals surface area contributed by atoms with E-state index in [1.165, 1.54) is 22.3 Å². The standard InChI is InChI=1S/C23H23N/c1-22(18-12-6-4-7-13-18)20-16-10-11-17-21(20)23(2,24(22)3)19-14-8-5-9-15-19/h4-17H,1-3H3/t22-,23+. The van der Waals surface area contributed by atoms with Crippen LogP contribution in [0.2, 0.25) is 0 Å². The van der Waals surface area contributed by atoms with E-state index in [0.29, 0.717) is 0 Å². The van der Waals surface area contributed by atoms with Gasteiger partial charge in [-0.05, 0) is 43.1 Å². The van der Waals surface area contributed by atoms with Crippen LogP contribution in [-0.4, -0.2) is 11.9 Å². The molecule has 1 aliphatic rings. The van der Waals surface area contributed by atoms with Crippen molar-refractivity contribution < 1.29 is 0 Å². The lowest BCUT2D eigenvalue weighted by Gasteiger charge is -2.42. The first-order valence-corrected chi connectivity index (χ1v) is 8.54. The molecule has 0 saturated heterocycles. The van der Waals surface area contributed by atoms with Crippen molar-refractivity contribution in [2.75, 3.05) is 7.05 Å². The van der Waals surface area contributed by atoms with Crippen molar-refractivity contribution in [3.8, 4) is 0 Å². The monoisotopic (exact) mass is 313 g/mol. The van der Waals surface area contributed by atoms with Gasteiger partial charge in [-0.15, -0.1) is 0 Å². The number of fused-ring (bicyclic) bond motifs is 1. The first kappa shape index (κ1) is 15.2. The summed E-state index contributed by atoms with van der Waals surface area (Å²) in [5, 5.41) is 0. The second-order valence-corrected chi connectivity index (χ2v) is 6.98. The van der Waals surface area contributed by atoms with Gasteiger partial charge in [-0.2, -0.15) is 0 Å². The lowest BCUT2D eigenvalue weighted by atomic mass is 9.83. The van der Waals surface area contributed by atoms with Gasteiger partial charge in [0.2, 0.25) is 0 Å². The molecule has 1 aliphatic heterocycles. The molecule has 3 aromatic carbocycles. The minimum absolute atomic E-state index is 0.150. The van der Waals surface area contributed by atoms with E-state index in [-0.39, 0.29) is 11.1 Å². The molecule has 4 rings (SSSR count). The minimum Gasteiger partial charge on any atom is -0.279 e. The molecule has 1 heterocycles. The number of hydrogen-bond donors (Lipinski definition) is 0. The van der Waals surface area contributed by atoms with Crippen molar-refractivity contribution in [2.45, 2.75) is 24.9 Å². The molecule has 1 nitrogen and oxygen atoms in total. The first-order chi connectivity index (χ1) is 11.6. The van der Waals surface area contributed by atoms with E-state index in [1.807, 2.05) is 0 Å². The Morgan fingerprint density at radius 3 is 1.25 bits per heavy atom. The lowest BCUT2D eigenvalue weighted by molar-refractivity contribution is 0.103. The Labute approximate surface area is 144 Å². The van der Waals surface area contributed by atoms with Crippen LogP contribution in [0.15, 0.2) is 84.9 Å². The van der Waals surface area contributed by atoms with Crippen LogP contribution in [0.5, 0.6) is 0 Å². The summed E-state index contributed by atoms with van der Waals surface area (Å²) in [6.07, 6.45) is 0. The number of benzene rings is 3. The highest BCUT2D eigenvalue weighted by molar-refractivity contribution is 5.54. The minimum atomic E-state index is -0.150. The maximum atomic E-state index is 2.52. The SMILES string of the molecule is CN1[C@@](C)(c2ccccc2)c2ccccc2[C@@]1(C)c1ccccc1. The van der Waals surface area contributed by atoms with Gasteiger partial charge in [0.1, 0.15) is 0 Å². The summed E-state index contributed by atoms with van der Waals surface area (Å²) in [5.74, 6) is 0. The zero-order chi connectivity index (χ0) is 16.8. The van der Waals surface area contributed by atoms with Gasteiger partial charge in [0.25, 0.3) is 0 Å². The highest BCUT2D eigenvalue weighted by atomic mass is 15.3. The van der Waals surface area contributed by atoms with Crippen molar-refractivity contribution >= 4 is 0 Å². The molecule has 0 saturated carbocycles. The van der Waals surface area contributed by atoms with E-state index in [1.54, 1.807) is 0 Å². The molecule has 0 aromatic heterocycles. The fourth-order valence-corrected chi connectivity index (χ4v) is 4.36. The first-order valence-electron chi connectivity index (χ1n) is 8.54. The number of rotatable bonds is 2. The number of nitrogens with zero attached hydrogens (tertiary/aromatic N) is 1. The largest absolute Gasteiger partial charge is 0.279 e. The summed E-state index contributed by atoms with van der Waals surface area (Å²) >= 11 is 0. The van der Waals surface area contributed by atoms with Crippen molar-refractivity contribution in [1.29, 1.82) is 0 Å². The highest BCUT2D eigenvalue weighted by Crippen LogP contribution is 2.54. The fourth-order valence-electron chi connectivity index (χ4n) is 4.36. The van der Waals surface area contributed by atoms with Gasteiger partial charge in [0.15, 0.2) is 0 Å². The summed E-state index contributed by atoms with van der Waals surface area (Å²) in [6.45, 7) is 4.69. The summed E-state index contributed by atoms with van der Waals surface area (Å²) < 4.78 is 0.